The molecule has 21 heavy (non-hydrogen) atoms. The summed E-state index contributed by atoms with van der Waals surface area (Å²) < 4.78 is 5.69. The predicted octanol–water partition coefficient (Wildman–Crippen LogP) is 4.01. The Labute approximate surface area is 128 Å². The molecule has 0 amide bonds. The Kier molecular flexibility index (Phi) is 4.17. The fraction of sp³-hybridized carbons (Fsp3) is 0.118. The molecule has 1 heterocycles. The minimum atomic E-state index is 0.599. The van der Waals surface area contributed by atoms with Gasteiger partial charge in [0.15, 0.2) is 0 Å². The van der Waals surface area contributed by atoms with Gasteiger partial charge in [0.25, 0.3) is 0 Å². The molecule has 0 bridgehead atoms. The molecule has 0 radical (unpaired) electrons. The summed E-state index contributed by atoms with van der Waals surface area (Å²) in [5, 5.41) is 3.14. The number of hydrogen-bond acceptors (Lipinski definition) is 4. The minimum absolute atomic E-state index is 0.599. The second-order valence-corrected chi connectivity index (χ2v) is 5.54. The lowest BCUT2D eigenvalue weighted by Crippen LogP contribution is -2.02. The number of thiazole rings is 1. The first-order valence-corrected chi connectivity index (χ1v) is 7.67. The van der Waals surface area contributed by atoms with Crippen molar-refractivity contribution in [3.63, 3.8) is 0 Å². The molecule has 3 nitrogen and oxygen atoms in total. The molecule has 0 atom stereocenters. The van der Waals surface area contributed by atoms with Crippen molar-refractivity contribution in [2.45, 2.75) is 6.42 Å². The van der Waals surface area contributed by atoms with Crippen LogP contribution < -0.4 is 10.5 Å². The first-order valence-electron chi connectivity index (χ1n) is 6.79. The predicted molar refractivity (Wildman–Crippen MR) is 87.6 cm³/mol. The Bertz CT molecular complexity index is 710. The molecular formula is C17H16N2OS. The number of nitrogens with two attached hydrogens (primary N) is 1. The van der Waals surface area contributed by atoms with E-state index in [1.54, 1.807) is 11.3 Å². The van der Waals surface area contributed by atoms with Crippen molar-refractivity contribution in [3.8, 4) is 16.3 Å². The van der Waals surface area contributed by atoms with Crippen molar-refractivity contribution >= 4 is 17.0 Å². The van der Waals surface area contributed by atoms with Gasteiger partial charge in [0.1, 0.15) is 10.8 Å². The van der Waals surface area contributed by atoms with Crippen LogP contribution in [0.25, 0.3) is 10.6 Å². The summed E-state index contributed by atoms with van der Waals surface area (Å²) in [6.07, 6.45) is 0.790. The molecule has 0 unspecified atom stereocenters. The van der Waals surface area contributed by atoms with Gasteiger partial charge in [0.05, 0.1) is 12.3 Å². The average molecular weight is 296 g/mol. The zero-order chi connectivity index (χ0) is 14.5. The standard InChI is InChI=1S/C17H16N2OS/c18-14-7-4-8-16(11-14)20-10-9-15-12-21-17(19-15)13-5-2-1-3-6-13/h1-8,11-12H,9-10,18H2. The van der Waals surface area contributed by atoms with Gasteiger partial charge in [-0.1, -0.05) is 36.4 Å². The van der Waals surface area contributed by atoms with Gasteiger partial charge >= 0.3 is 0 Å². The fourth-order valence-electron chi connectivity index (χ4n) is 2.01. The monoisotopic (exact) mass is 296 g/mol. The summed E-state index contributed by atoms with van der Waals surface area (Å²) in [5.74, 6) is 0.800. The molecule has 0 saturated heterocycles. The van der Waals surface area contributed by atoms with Crippen molar-refractivity contribution in [3.05, 3.63) is 65.7 Å². The van der Waals surface area contributed by atoms with Crippen LogP contribution in [0.15, 0.2) is 60.0 Å². The highest BCUT2D eigenvalue weighted by molar-refractivity contribution is 7.13. The third-order valence-corrected chi connectivity index (χ3v) is 4.00. The summed E-state index contributed by atoms with van der Waals surface area (Å²) in [7, 11) is 0. The minimum Gasteiger partial charge on any atom is -0.493 e. The molecule has 2 N–H and O–H groups in total. The number of hydrogen-bond donors (Lipinski definition) is 1. The van der Waals surface area contributed by atoms with E-state index in [2.05, 4.69) is 22.5 Å². The highest BCUT2D eigenvalue weighted by Crippen LogP contribution is 2.23. The highest BCUT2D eigenvalue weighted by atomic mass is 32.1. The summed E-state index contributed by atoms with van der Waals surface area (Å²) in [5.41, 5.74) is 8.65. The van der Waals surface area contributed by atoms with Gasteiger partial charge < -0.3 is 10.5 Å². The molecule has 0 saturated carbocycles. The Hall–Kier alpha value is -2.33. The first-order chi connectivity index (χ1) is 10.3. The molecule has 3 aromatic rings. The van der Waals surface area contributed by atoms with Crippen molar-refractivity contribution in [2.75, 3.05) is 12.3 Å². The van der Waals surface area contributed by atoms with E-state index < -0.39 is 0 Å². The Morgan fingerprint density at radius 3 is 2.71 bits per heavy atom. The van der Waals surface area contributed by atoms with Crippen LogP contribution in [0.2, 0.25) is 0 Å². The van der Waals surface area contributed by atoms with E-state index in [0.717, 1.165) is 28.4 Å². The molecular weight excluding hydrogens is 280 g/mol. The van der Waals surface area contributed by atoms with Gasteiger partial charge in [-0.3, -0.25) is 0 Å². The lowest BCUT2D eigenvalue weighted by Gasteiger charge is -2.05. The molecule has 106 valence electrons. The summed E-state index contributed by atoms with van der Waals surface area (Å²) in [6.45, 7) is 0.599. The van der Waals surface area contributed by atoms with Gasteiger partial charge in [0, 0.05) is 29.1 Å². The maximum absolute atomic E-state index is 5.72. The van der Waals surface area contributed by atoms with Crippen LogP contribution >= 0.6 is 11.3 Å². The van der Waals surface area contributed by atoms with Crippen LogP contribution in [-0.2, 0) is 6.42 Å². The summed E-state index contributed by atoms with van der Waals surface area (Å²) in [6, 6.07) is 17.7. The number of benzene rings is 2. The molecule has 0 aliphatic carbocycles. The zero-order valence-electron chi connectivity index (χ0n) is 11.5. The van der Waals surface area contributed by atoms with Crippen molar-refractivity contribution < 1.29 is 4.74 Å². The SMILES string of the molecule is Nc1cccc(OCCc2csc(-c3ccccc3)n2)c1. The molecule has 0 aliphatic rings. The van der Waals surface area contributed by atoms with Gasteiger partial charge in [-0.15, -0.1) is 11.3 Å². The van der Waals surface area contributed by atoms with E-state index in [0.29, 0.717) is 12.3 Å². The number of aromatic nitrogens is 1. The second-order valence-electron chi connectivity index (χ2n) is 4.68. The first kappa shape index (κ1) is 13.6. The zero-order valence-corrected chi connectivity index (χ0v) is 12.3. The fourth-order valence-corrected chi connectivity index (χ4v) is 2.87. The Morgan fingerprint density at radius 2 is 1.90 bits per heavy atom. The van der Waals surface area contributed by atoms with E-state index in [1.807, 2.05) is 42.5 Å². The second kappa shape index (κ2) is 6.41. The van der Waals surface area contributed by atoms with E-state index >= 15 is 0 Å². The maximum Gasteiger partial charge on any atom is 0.123 e. The van der Waals surface area contributed by atoms with Crippen molar-refractivity contribution in [2.24, 2.45) is 0 Å². The van der Waals surface area contributed by atoms with Gasteiger partial charge in [-0.05, 0) is 12.1 Å². The molecule has 0 aliphatic heterocycles. The molecule has 4 heteroatoms. The van der Waals surface area contributed by atoms with Gasteiger partial charge in [-0.25, -0.2) is 4.98 Å². The summed E-state index contributed by atoms with van der Waals surface area (Å²) in [4.78, 5) is 4.64. The third kappa shape index (κ3) is 3.61. The van der Waals surface area contributed by atoms with Crippen LogP contribution in [0.5, 0.6) is 5.75 Å². The van der Waals surface area contributed by atoms with E-state index in [9.17, 15) is 0 Å². The van der Waals surface area contributed by atoms with E-state index in [-0.39, 0.29) is 0 Å². The lowest BCUT2D eigenvalue weighted by atomic mass is 10.2. The highest BCUT2D eigenvalue weighted by Gasteiger charge is 2.04. The molecule has 3 rings (SSSR count). The topological polar surface area (TPSA) is 48.1 Å². The molecule has 0 fully saturated rings. The Morgan fingerprint density at radius 1 is 1.05 bits per heavy atom. The van der Waals surface area contributed by atoms with Crippen molar-refractivity contribution in [1.29, 1.82) is 0 Å². The van der Waals surface area contributed by atoms with E-state index in [4.69, 9.17) is 10.5 Å². The number of nitrogens with zero attached hydrogens (tertiary/aromatic N) is 1. The van der Waals surface area contributed by atoms with Gasteiger partial charge in [0.2, 0.25) is 0 Å². The number of nitrogen functional groups attached to an aromatic ring is 1. The van der Waals surface area contributed by atoms with Crippen LogP contribution in [-0.4, -0.2) is 11.6 Å². The molecule has 2 aromatic carbocycles. The Balaban J connectivity index is 1.58. The quantitative estimate of drug-likeness (QED) is 0.724. The lowest BCUT2D eigenvalue weighted by molar-refractivity contribution is 0.321. The van der Waals surface area contributed by atoms with Crippen LogP contribution in [0.1, 0.15) is 5.69 Å². The third-order valence-electron chi connectivity index (χ3n) is 3.06. The largest absolute Gasteiger partial charge is 0.493 e. The number of anilines is 1. The normalized spacial score (nSPS) is 10.5. The van der Waals surface area contributed by atoms with Gasteiger partial charge in [-0.2, -0.15) is 0 Å². The van der Waals surface area contributed by atoms with Crippen LogP contribution in [0.4, 0.5) is 5.69 Å². The number of rotatable bonds is 5. The van der Waals surface area contributed by atoms with Crippen molar-refractivity contribution in [1.82, 2.24) is 4.98 Å². The summed E-state index contributed by atoms with van der Waals surface area (Å²) >= 11 is 1.66. The van der Waals surface area contributed by atoms with E-state index in [1.165, 1.54) is 0 Å². The number of ether oxygens (including phenoxy) is 1. The smallest absolute Gasteiger partial charge is 0.123 e. The maximum atomic E-state index is 5.72. The van der Waals surface area contributed by atoms with Crippen LogP contribution in [0, 0.1) is 0 Å². The average Bonchev–Trinajstić information content (AvgIpc) is 2.97. The molecule has 1 aromatic heterocycles. The van der Waals surface area contributed by atoms with Crippen LogP contribution in [0.3, 0.4) is 0 Å². The molecule has 0 spiro atoms.